The van der Waals surface area contributed by atoms with Gasteiger partial charge in [-0.1, -0.05) is 30.3 Å². The first-order valence-corrected chi connectivity index (χ1v) is 6.13. The molecule has 1 heterocycles. The summed E-state index contributed by atoms with van der Waals surface area (Å²) in [5.41, 5.74) is 5.65. The molecule has 2 aromatic carbocycles. The average Bonchev–Trinajstić information content (AvgIpc) is 2.48. The number of hydrogen-bond donors (Lipinski definition) is 1. The summed E-state index contributed by atoms with van der Waals surface area (Å²) >= 11 is 0. The molecule has 0 aliphatic rings. The van der Waals surface area contributed by atoms with Crippen molar-refractivity contribution >= 4 is 22.3 Å². The van der Waals surface area contributed by atoms with Crippen LogP contribution in [-0.2, 0) is 0 Å². The summed E-state index contributed by atoms with van der Waals surface area (Å²) in [6, 6.07) is 12.8. The van der Waals surface area contributed by atoms with E-state index in [1.807, 2.05) is 6.07 Å². The highest BCUT2D eigenvalue weighted by Gasteiger charge is 2.19. The van der Waals surface area contributed by atoms with Crippen LogP contribution in [0.1, 0.15) is 0 Å². The summed E-state index contributed by atoms with van der Waals surface area (Å²) < 4.78 is 5.58. The number of nitro groups is 1. The van der Waals surface area contributed by atoms with E-state index in [0.29, 0.717) is 5.56 Å². The SMILES string of the molecule is Nc1cc([N+](=O)[O-])c2oc(-c3ccccc3)cc(=O)c2c1. The Morgan fingerprint density at radius 1 is 1.10 bits per heavy atom. The standard InChI is InChI=1S/C15H10N2O4/c16-10-6-11-13(18)8-14(9-4-2-1-3-5-9)21-15(11)12(7-10)17(19)20/h1-8H,16H2. The lowest BCUT2D eigenvalue weighted by atomic mass is 10.1. The first kappa shape index (κ1) is 12.9. The fraction of sp³-hybridized carbons (Fsp3) is 0. The number of non-ortho nitro benzene ring substituents is 1. The number of nitro benzene ring substituents is 1. The van der Waals surface area contributed by atoms with Gasteiger partial charge >= 0.3 is 5.69 Å². The molecule has 6 heteroatoms. The Labute approximate surface area is 118 Å². The van der Waals surface area contributed by atoms with Gasteiger partial charge in [0.05, 0.1) is 10.3 Å². The van der Waals surface area contributed by atoms with E-state index < -0.39 is 4.92 Å². The normalized spacial score (nSPS) is 10.7. The van der Waals surface area contributed by atoms with Gasteiger partial charge in [0.2, 0.25) is 5.58 Å². The predicted octanol–water partition coefficient (Wildman–Crippen LogP) is 2.95. The second-order valence-electron chi connectivity index (χ2n) is 4.51. The van der Waals surface area contributed by atoms with E-state index in [-0.39, 0.29) is 33.5 Å². The largest absolute Gasteiger partial charge is 0.449 e. The second-order valence-corrected chi connectivity index (χ2v) is 4.51. The molecule has 0 saturated heterocycles. The van der Waals surface area contributed by atoms with Gasteiger partial charge in [-0.3, -0.25) is 14.9 Å². The molecule has 0 atom stereocenters. The highest BCUT2D eigenvalue weighted by atomic mass is 16.6. The van der Waals surface area contributed by atoms with Crippen molar-refractivity contribution in [2.45, 2.75) is 0 Å². The number of anilines is 1. The summed E-state index contributed by atoms with van der Waals surface area (Å²) in [6.07, 6.45) is 0. The molecule has 1 aromatic heterocycles. The van der Waals surface area contributed by atoms with Gasteiger partial charge in [-0.25, -0.2) is 0 Å². The molecule has 0 spiro atoms. The van der Waals surface area contributed by atoms with Crippen LogP contribution in [0.15, 0.2) is 57.7 Å². The van der Waals surface area contributed by atoms with Crippen LogP contribution in [0, 0.1) is 10.1 Å². The molecule has 0 amide bonds. The average molecular weight is 282 g/mol. The molecule has 3 rings (SSSR count). The Hall–Kier alpha value is -3.15. The lowest BCUT2D eigenvalue weighted by Crippen LogP contribution is -2.03. The van der Waals surface area contributed by atoms with Gasteiger partial charge in [-0.05, 0) is 6.07 Å². The van der Waals surface area contributed by atoms with E-state index in [1.165, 1.54) is 18.2 Å². The molecule has 3 aromatic rings. The molecule has 0 aliphatic heterocycles. The summed E-state index contributed by atoms with van der Waals surface area (Å²) in [4.78, 5) is 22.7. The number of nitrogens with zero attached hydrogens (tertiary/aromatic N) is 1. The van der Waals surface area contributed by atoms with E-state index in [4.69, 9.17) is 10.2 Å². The van der Waals surface area contributed by atoms with E-state index in [1.54, 1.807) is 24.3 Å². The zero-order valence-corrected chi connectivity index (χ0v) is 10.8. The third-order valence-electron chi connectivity index (χ3n) is 3.09. The molecule has 2 N–H and O–H groups in total. The first-order valence-electron chi connectivity index (χ1n) is 6.13. The minimum atomic E-state index is -0.615. The quantitative estimate of drug-likeness (QED) is 0.442. The summed E-state index contributed by atoms with van der Waals surface area (Å²) in [6.45, 7) is 0. The smallest absolute Gasteiger partial charge is 0.314 e. The molecular formula is C15H10N2O4. The zero-order chi connectivity index (χ0) is 15.0. The topological polar surface area (TPSA) is 99.4 Å². The van der Waals surface area contributed by atoms with E-state index in [0.717, 1.165) is 0 Å². The molecule has 104 valence electrons. The fourth-order valence-corrected chi connectivity index (χ4v) is 2.14. The fourth-order valence-electron chi connectivity index (χ4n) is 2.14. The molecular weight excluding hydrogens is 272 g/mol. The van der Waals surface area contributed by atoms with Gasteiger partial charge in [-0.15, -0.1) is 0 Å². The number of fused-ring (bicyclic) bond motifs is 1. The lowest BCUT2D eigenvalue weighted by Gasteiger charge is -2.04. The van der Waals surface area contributed by atoms with Gasteiger partial charge in [-0.2, -0.15) is 0 Å². The van der Waals surface area contributed by atoms with Crippen molar-refractivity contribution in [3.8, 4) is 11.3 Å². The molecule has 0 unspecified atom stereocenters. The van der Waals surface area contributed by atoms with E-state index in [9.17, 15) is 14.9 Å². The van der Waals surface area contributed by atoms with E-state index in [2.05, 4.69) is 0 Å². The van der Waals surface area contributed by atoms with Crippen LogP contribution >= 0.6 is 0 Å². The van der Waals surface area contributed by atoms with E-state index >= 15 is 0 Å². The van der Waals surface area contributed by atoms with Gasteiger partial charge in [0.15, 0.2) is 5.43 Å². The molecule has 6 nitrogen and oxygen atoms in total. The van der Waals surface area contributed by atoms with Crippen molar-refractivity contribution in [1.82, 2.24) is 0 Å². The Morgan fingerprint density at radius 3 is 2.48 bits per heavy atom. The van der Waals surface area contributed by atoms with Crippen LogP contribution in [0.2, 0.25) is 0 Å². The van der Waals surface area contributed by atoms with Crippen molar-refractivity contribution in [2.75, 3.05) is 5.73 Å². The molecule has 0 saturated carbocycles. The second kappa shape index (κ2) is 4.75. The Bertz CT molecular complexity index is 901. The van der Waals surface area contributed by atoms with Crippen molar-refractivity contribution < 1.29 is 9.34 Å². The highest BCUT2D eigenvalue weighted by Crippen LogP contribution is 2.30. The van der Waals surface area contributed by atoms with Crippen LogP contribution < -0.4 is 11.2 Å². The Morgan fingerprint density at radius 2 is 1.81 bits per heavy atom. The van der Waals surface area contributed by atoms with Gasteiger partial charge in [0.1, 0.15) is 5.76 Å². The van der Waals surface area contributed by atoms with Crippen molar-refractivity contribution in [2.24, 2.45) is 0 Å². The maximum absolute atomic E-state index is 12.2. The summed E-state index contributed by atoms with van der Waals surface area (Å²) in [7, 11) is 0. The zero-order valence-electron chi connectivity index (χ0n) is 10.8. The lowest BCUT2D eigenvalue weighted by molar-refractivity contribution is -0.383. The Balaban J connectivity index is 2.38. The molecule has 21 heavy (non-hydrogen) atoms. The first-order chi connectivity index (χ1) is 10.1. The number of nitrogen functional groups attached to an aromatic ring is 1. The molecule has 0 aliphatic carbocycles. The van der Waals surface area contributed by atoms with Gasteiger partial charge < -0.3 is 10.2 Å². The van der Waals surface area contributed by atoms with Crippen LogP contribution in [0.25, 0.3) is 22.3 Å². The highest BCUT2D eigenvalue weighted by molar-refractivity contribution is 5.89. The third kappa shape index (κ3) is 2.23. The van der Waals surface area contributed by atoms with Gasteiger partial charge in [0, 0.05) is 23.4 Å². The Kier molecular flexibility index (Phi) is 2.91. The maximum Gasteiger partial charge on any atom is 0.314 e. The summed E-state index contributed by atoms with van der Waals surface area (Å²) in [5, 5.41) is 11.2. The number of benzene rings is 2. The van der Waals surface area contributed by atoms with Crippen LogP contribution in [0.5, 0.6) is 0 Å². The number of hydrogen-bond acceptors (Lipinski definition) is 5. The van der Waals surface area contributed by atoms with Crippen molar-refractivity contribution in [3.63, 3.8) is 0 Å². The summed E-state index contributed by atoms with van der Waals surface area (Å²) in [5.74, 6) is 0.279. The van der Waals surface area contributed by atoms with Crippen LogP contribution in [0.4, 0.5) is 11.4 Å². The minimum absolute atomic E-state index is 0.0689. The molecule has 0 fully saturated rings. The van der Waals surface area contributed by atoms with Crippen molar-refractivity contribution in [3.05, 3.63) is 68.9 Å². The maximum atomic E-state index is 12.2. The number of rotatable bonds is 2. The minimum Gasteiger partial charge on any atom is -0.449 e. The van der Waals surface area contributed by atoms with Crippen LogP contribution in [-0.4, -0.2) is 4.92 Å². The molecule has 0 radical (unpaired) electrons. The third-order valence-corrected chi connectivity index (χ3v) is 3.09. The number of nitrogens with two attached hydrogens (primary N) is 1. The monoisotopic (exact) mass is 282 g/mol. The van der Waals surface area contributed by atoms with Gasteiger partial charge in [0.25, 0.3) is 0 Å². The predicted molar refractivity (Wildman–Crippen MR) is 79.0 cm³/mol. The van der Waals surface area contributed by atoms with Crippen molar-refractivity contribution in [1.29, 1.82) is 0 Å². The molecule has 0 bridgehead atoms. The van der Waals surface area contributed by atoms with Crippen LogP contribution in [0.3, 0.4) is 0 Å².